The van der Waals surface area contributed by atoms with E-state index in [2.05, 4.69) is 19.2 Å². The first-order chi connectivity index (χ1) is 6.58. The Morgan fingerprint density at radius 2 is 1.93 bits per heavy atom. The van der Waals surface area contributed by atoms with E-state index in [0.717, 1.165) is 11.7 Å². The molecule has 1 aliphatic rings. The fraction of sp³-hybridized carbons (Fsp3) is 1.00. The van der Waals surface area contributed by atoms with Crippen molar-refractivity contribution in [2.45, 2.75) is 51.6 Å². The van der Waals surface area contributed by atoms with E-state index in [0.29, 0.717) is 12.1 Å². The molecule has 0 radical (unpaired) electrons. The highest BCUT2D eigenvalue weighted by Crippen LogP contribution is 2.23. The second-order valence-electron chi connectivity index (χ2n) is 4.76. The fourth-order valence-electron chi connectivity index (χ4n) is 2.23. The van der Waals surface area contributed by atoms with Crippen LogP contribution in [0.1, 0.15) is 39.5 Å². The van der Waals surface area contributed by atoms with Gasteiger partial charge in [0.25, 0.3) is 0 Å². The molecular formula is C11H23NOS. The maximum absolute atomic E-state index is 11.0. The van der Waals surface area contributed by atoms with E-state index in [9.17, 15) is 4.21 Å². The van der Waals surface area contributed by atoms with Crippen molar-refractivity contribution in [1.29, 1.82) is 0 Å². The molecule has 0 amide bonds. The Bertz CT molecular complexity index is 188. The molecule has 1 aliphatic carbocycles. The molecule has 2 nitrogen and oxygen atoms in total. The maximum atomic E-state index is 11.0. The van der Waals surface area contributed by atoms with E-state index in [4.69, 9.17) is 0 Å². The Hall–Kier alpha value is 0.110. The van der Waals surface area contributed by atoms with Crippen molar-refractivity contribution in [2.75, 3.05) is 12.0 Å². The lowest BCUT2D eigenvalue weighted by atomic mass is 9.87. The first kappa shape index (κ1) is 12.2. The fourth-order valence-corrected chi connectivity index (χ4v) is 3.03. The summed E-state index contributed by atoms with van der Waals surface area (Å²) in [4.78, 5) is 0. The van der Waals surface area contributed by atoms with Gasteiger partial charge in [-0.05, 0) is 38.5 Å². The van der Waals surface area contributed by atoms with Gasteiger partial charge >= 0.3 is 0 Å². The van der Waals surface area contributed by atoms with Crippen LogP contribution in [0.15, 0.2) is 0 Å². The van der Waals surface area contributed by atoms with Gasteiger partial charge in [0, 0.05) is 34.9 Å². The summed E-state index contributed by atoms with van der Waals surface area (Å²) in [5.74, 6) is 1.69. The van der Waals surface area contributed by atoms with Gasteiger partial charge in [-0.25, -0.2) is 0 Å². The van der Waals surface area contributed by atoms with E-state index >= 15 is 0 Å². The maximum Gasteiger partial charge on any atom is 0.0383 e. The van der Waals surface area contributed by atoms with Crippen LogP contribution in [0.3, 0.4) is 0 Å². The molecule has 0 bridgehead atoms. The summed E-state index contributed by atoms with van der Waals surface area (Å²) in [6.45, 7) is 4.47. The van der Waals surface area contributed by atoms with Crippen LogP contribution < -0.4 is 5.32 Å². The van der Waals surface area contributed by atoms with Crippen LogP contribution >= 0.6 is 0 Å². The quantitative estimate of drug-likeness (QED) is 0.779. The van der Waals surface area contributed by atoms with Gasteiger partial charge in [0.15, 0.2) is 0 Å². The van der Waals surface area contributed by atoms with Crippen molar-refractivity contribution in [1.82, 2.24) is 5.32 Å². The van der Waals surface area contributed by atoms with Gasteiger partial charge in [-0.1, -0.05) is 6.92 Å². The number of rotatable bonds is 4. The SMILES string of the molecule is CC1CCC(NC(C)CS(C)=O)CC1. The molecule has 0 aliphatic heterocycles. The largest absolute Gasteiger partial charge is 0.311 e. The number of nitrogens with one attached hydrogen (secondary N) is 1. The highest BCUT2D eigenvalue weighted by Gasteiger charge is 2.19. The zero-order valence-electron chi connectivity index (χ0n) is 9.58. The molecule has 0 aromatic rings. The minimum atomic E-state index is -0.669. The van der Waals surface area contributed by atoms with Gasteiger partial charge in [-0.15, -0.1) is 0 Å². The Balaban J connectivity index is 2.20. The van der Waals surface area contributed by atoms with Gasteiger partial charge in [-0.3, -0.25) is 4.21 Å². The van der Waals surface area contributed by atoms with Gasteiger partial charge in [0.05, 0.1) is 0 Å². The predicted octanol–water partition coefficient (Wildman–Crippen LogP) is 1.92. The standard InChI is InChI=1S/C11H23NOS/c1-9-4-6-11(7-5-9)12-10(2)8-14(3)13/h9-12H,4-8H2,1-3H3. The zero-order valence-corrected chi connectivity index (χ0v) is 10.4. The van der Waals surface area contributed by atoms with Crippen molar-refractivity contribution in [2.24, 2.45) is 5.92 Å². The first-order valence-corrected chi connectivity index (χ1v) is 7.36. The molecule has 1 saturated carbocycles. The third-order valence-corrected chi connectivity index (χ3v) is 3.99. The summed E-state index contributed by atoms with van der Waals surface area (Å²) >= 11 is 0. The number of hydrogen-bond acceptors (Lipinski definition) is 2. The Kier molecular flexibility index (Phi) is 5.10. The van der Waals surface area contributed by atoms with Crippen LogP contribution in [0, 0.1) is 5.92 Å². The summed E-state index contributed by atoms with van der Waals surface area (Å²) in [5.41, 5.74) is 0. The van der Waals surface area contributed by atoms with Crippen molar-refractivity contribution in [3.63, 3.8) is 0 Å². The third kappa shape index (κ3) is 4.56. The van der Waals surface area contributed by atoms with Crippen LogP contribution in [0.5, 0.6) is 0 Å². The molecule has 14 heavy (non-hydrogen) atoms. The first-order valence-electron chi connectivity index (χ1n) is 5.64. The summed E-state index contributed by atoms with van der Waals surface area (Å²) < 4.78 is 11.0. The lowest BCUT2D eigenvalue weighted by Gasteiger charge is -2.29. The van der Waals surface area contributed by atoms with Crippen molar-refractivity contribution >= 4 is 10.8 Å². The Morgan fingerprint density at radius 1 is 1.36 bits per heavy atom. The normalized spacial score (nSPS) is 32.5. The van der Waals surface area contributed by atoms with E-state index in [1.807, 2.05) is 0 Å². The van der Waals surface area contributed by atoms with Gasteiger partial charge in [0.1, 0.15) is 0 Å². The van der Waals surface area contributed by atoms with Crippen LogP contribution in [0.2, 0.25) is 0 Å². The van der Waals surface area contributed by atoms with Gasteiger partial charge < -0.3 is 5.32 Å². The van der Waals surface area contributed by atoms with Crippen molar-refractivity contribution in [3.8, 4) is 0 Å². The second-order valence-corrected chi connectivity index (χ2v) is 6.24. The molecule has 1 N–H and O–H groups in total. The Morgan fingerprint density at radius 3 is 2.43 bits per heavy atom. The van der Waals surface area contributed by atoms with Crippen LogP contribution in [0.4, 0.5) is 0 Å². The summed E-state index contributed by atoms with van der Waals surface area (Å²) in [7, 11) is -0.669. The lowest BCUT2D eigenvalue weighted by Crippen LogP contribution is -2.41. The highest BCUT2D eigenvalue weighted by atomic mass is 32.2. The second kappa shape index (κ2) is 5.86. The minimum absolute atomic E-state index is 0.402. The van der Waals surface area contributed by atoms with Crippen molar-refractivity contribution < 1.29 is 4.21 Å². The van der Waals surface area contributed by atoms with E-state index in [-0.39, 0.29) is 0 Å². The monoisotopic (exact) mass is 217 g/mol. The summed E-state index contributed by atoms with van der Waals surface area (Å²) in [6.07, 6.45) is 7.06. The molecule has 0 aromatic carbocycles. The molecule has 2 unspecified atom stereocenters. The molecule has 3 heteroatoms. The smallest absolute Gasteiger partial charge is 0.0383 e. The molecule has 0 heterocycles. The van der Waals surface area contributed by atoms with Crippen LogP contribution in [-0.4, -0.2) is 28.3 Å². The molecule has 1 fully saturated rings. The predicted molar refractivity (Wildman–Crippen MR) is 63.0 cm³/mol. The molecule has 1 rings (SSSR count). The minimum Gasteiger partial charge on any atom is -0.311 e. The average Bonchev–Trinajstić information content (AvgIpc) is 2.07. The topological polar surface area (TPSA) is 29.1 Å². The summed E-state index contributed by atoms with van der Waals surface area (Å²) in [6, 6.07) is 1.07. The summed E-state index contributed by atoms with van der Waals surface area (Å²) in [5, 5.41) is 3.58. The molecular weight excluding hydrogens is 194 g/mol. The van der Waals surface area contributed by atoms with Gasteiger partial charge in [-0.2, -0.15) is 0 Å². The number of hydrogen-bond donors (Lipinski definition) is 1. The van der Waals surface area contributed by atoms with Crippen LogP contribution in [0.25, 0.3) is 0 Å². The molecule has 2 atom stereocenters. The average molecular weight is 217 g/mol. The molecule has 0 saturated heterocycles. The Labute approximate surface area is 90.3 Å². The lowest BCUT2D eigenvalue weighted by molar-refractivity contribution is 0.295. The van der Waals surface area contributed by atoms with E-state index in [1.54, 1.807) is 6.26 Å². The van der Waals surface area contributed by atoms with Crippen molar-refractivity contribution in [3.05, 3.63) is 0 Å². The molecule has 0 aromatic heterocycles. The zero-order chi connectivity index (χ0) is 10.6. The van der Waals surface area contributed by atoms with E-state index < -0.39 is 10.8 Å². The van der Waals surface area contributed by atoms with E-state index in [1.165, 1.54) is 25.7 Å². The third-order valence-electron chi connectivity index (χ3n) is 3.02. The van der Waals surface area contributed by atoms with Crippen LogP contribution in [-0.2, 0) is 10.8 Å². The van der Waals surface area contributed by atoms with Gasteiger partial charge in [0.2, 0.25) is 0 Å². The molecule has 0 spiro atoms. The molecule has 84 valence electrons. The highest BCUT2D eigenvalue weighted by molar-refractivity contribution is 7.84.